The fraction of sp³-hybridized carbons (Fsp3) is 0.500. The fourth-order valence-electron chi connectivity index (χ4n) is 2.72. The number of piperazine rings is 1. The molecule has 2 rings (SSSR count). The van der Waals surface area contributed by atoms with Gasteiger partial charge in [0.05, 0.1) is 0 Å². The quantitative estimate of drug-likeness (QED) is 0.852. The monoisotopic (exact) mass is 289 g/mol. The average molecular weight is 289 g/mol. The van der Waals surface area contributed by atoms with Crippen LogP contribution in [0.5, 0.6) is 0 Å². The predicted octanol–water partition coefficient (Wildman–Crippen LogP) is 1.28. The molecule has 1 saturated heterocycles. The number of nitrogens with zero attached hydrogens (tertiary/aromatic N) is 2. The van der Waals surface area contributed by atoms with Crippen LogP contribution in [0.1, 0.15) is 25.8 Å². The van der Waals surface area contributed by atoms with E-state index >= 15 is 0 Å². The molecule has 0 bridgehead atoms. The van der Waals surface area contributed by atoms with Crippen LogP contribution in [-0.4, -0.2) is 47.3 Å². The minimum Gasteiger partial charge on any atom is -0.399 e. The van der Waals surface area contributed by atoms with Gasteiger partial charge in [0.1, 0.15) is 5.54 Å². The lowest BCUT2D eigenvalue weighted by Gasteiger charge is -2.44. The Morgan fingerprint density at radius 2 is 1.86 bits per heavy atom. The van der Waals surface area contributed by atoms with E-state index in [4.69, 9.17) is 5.73 Å². The Kier molecular flexibility index (Phi) is 4.21. The van der Waals surface area contributed by atoms with Crippen molar-refractivity contribution in [1.82, 2.24) is 9.80 Å². The molecular weight excluding hydrogens is 266 g/mol. The van der Waals surface area contributed by atoms with Crippen LogP contribution in [-0.2, 0) is 16.0 Å². The van der Waals surface area contributed by atoms with Gasteiger partial charge in [-0.1, -0.05) is 12.1 Å². The molecular formula is C16H23N3O2. The Morgan fingerprint density at radius 3 is 2.48 bits per heavy atom. The molecule has 1 aliphatic heterocycles. The molecule has 5 nitrogen and oxygen atoms in total. The fourth-order valence-corrected chi connectivity index (χ4v) is 2.72. The summed E-state index contributed by atoms with van der Waals surface area (Å²) in [5.41, 5.74) is 6.69. The number of nitrogen functional groups attached to an aromatic ring is 1. The van der Waals surface area contributed by atoms with Crippen molar-refractivity contribution >= 4 is 17.5 Å². The number of aryl methyl sites for hydroxylation is 1. The topological polar surface area (TPSA) is 66.6 Å². The second-order valence-corrected chi connectivity index (χ2v) is 6.07. The number of anilines is 1. The molecule has 1 aromatic rings. The van der Waals surface area contributed by atoms with Crippen molar-refractivity contribution in [2.75, 3.05) is 25.9 Å². The number of carbonyl (C=O) groups is 2. The number of carbonyl (C=O) groups excluding carboxylic acids is 2. The molecule has 0 unspecified atom stereocenters. The number of benzene rings is 1. The maximum absolute atomic E-state index is 12.4. The zero-order valence-electron chi connectivity index (χ0n) is 12.9. The highest BCUT2D eigenvalue weighted by atomic mass is 16.2. The van der Waals surface area contributed by atoms with Gasteiger partial charge in [-0.25, -0.2) is 0 Å². The third-order valence-corrected chi connectivity index (χ3v) is 4.11. The van der Waals surface area contributed by atoms with Crippen LogP contribution in [0.4, 0.5) is 5.69 Å². The van der Waals surface area contributed by atoms with Crippen molar-refractivity contribution in [1.29, 1.82) is 0 Å². The molecule has 0 radical (unpaired) electrons. The minimum absolute atomic E-state index is 0.00501. The minimum atomic E-state index is -0.759. The smallest absolute Gasteiger partial charge is 0.247 e. The zero-order chi connectivity index (χ0) is 15.6. The average Bonchev–Trinajstić information content (AvgIpc) is 2.44. The number of rotatable bonds is 3. The Balaban J connectivity index is 2.00. The van der Waals surface area contributed by atoms with Gasteiger partial charge in [-0.05, 0) is 38.0 Å². The second-order valence-electron chi connectivity index (χ2n) is 6.07. The van der Waals surface area contributed by atoms with Crippen LogP contribution in [0.25, 0.3) is 0 Å². The van der Waals surface area contributed by atoms with Crippen molar-refractivity contribution in [3.63, 3.8) is 0 Å². The molecule has 0 spiro atoms. The summed E-state index contributed by atoms with van der Waals surface area (Å²) in [5.74, 6) is 0.0212. The van der Waals surface area contributed by atoms with E-state index in [2.05, 4.69) is 0 Å². The third-order valence-electron chi connectivity index (χ3n) is 4.11. The van der Waals surface area contributed by atoms with E-state index in [1.165, 1.54) is 0 Å². The van der Waals surface area contributed by atoms with Gasteiger partial charge >= 0.3 is 0 Å². The first-order chi connectivity index (χ1) is 9.82. The normalized spacial score (nSPS) is 18.0. The molecule has 0 atom stereocenters. The number of hydrogen-bond acceptors (Lipinski definition) is 3. The zero-order valence-corrected chi connectivity index (χ0v) is 12.9. The predicted molar refractivity (Wildman–Crippen MR) is 82.6 cm³/mol. The van der Waals surface area contributed by atoms with Crippen LogP contribution in [0.3, 0.4) is 0 Å². The Hall–Kier alpha value is -2.04. The van der Waals surface area contributed by atoms with Gasteiger partial charge in [0.2, 0.25) is 11.8 Å². The standard InChI is InChI=1S/C16H23N3O2/c1-16(2)15(21)18(3)10-11-19(16)14(20)9-6-12-4-7-13(17)8-5-12/h4-5,7-8H,6,9-11,17H2,1-3H3. The second kappa shape index (κ2) is 5.76. The molecule has 2 amide bonds. The van der Waals surface area contributed by atoms with Gasteiger partial charge < -0.3 is 15.5 Å². The highest BCUT2D eigenvalue weighted by Gasteiger charge is 2.42. The molecule has 1 aliphatic rings. The Labute approximate surface area is 125 Å². The highest BCUT2D eigenvalue weighted by Crippen LogP contribution is 2.23. The lowest BCUT2D eigenvalue weighted by atomic mass is 9.96. The molecule has 114 valence electrons. The van der Waals surface area contributed by atoms with E-state index in [-0.39, 0.29) is 11.8 Å². The van der Waals surface area contributed by atoms with E-state index in [0.717, 1.165) is 11.3 Å². The van der Waals surface area contributed by atoms with E-state index in [0.29, 0.717) is 25.9 Å². The van der Waals surface area contributed by atoms with Gasteiger partial charge in [0.25, 0.3) is 0 Å². The highest BCUT2D eigenvalue weighted by molar-refractivity contribution is 5.91. The van der Waals surface area contributed by atoms with Crippen molar-refractivity contribution in [3.8, 4) is 0 Å². The van der Waals surface area contributed by atoms with Crippen molar-refractivity contribution < 1.29 is 9.59 Å². The van der Waals surface area contributed by atoms with E-state index in [9.17, 15) is 9.59 Å². The summed E-state index contributed by atoms with van der Waals surface area (Å²) in [6, 6.07) is 7.54. The van der Waals surface area contributed by atoms with E-state index in [1.54, 1.807) is 16.8 Å². The Bertz CT molecular complexity index is 537. The van der Waals surface area contributed by atoms with Crippen LogP contribution in [0.15, 0.2) is 24.3 Å². The third kappa shape index (κ3) is 3.17. The van der Waals surface area contributed by atoms with Crippen LogP contribution < -0.4 is 5.73 Å². The molecule has 1 aromatic carbocycles. The van der Waals surface area contributed by atoms with Gasteiger partial charge in [-0.15, -0.1) is 0 Å². The summed E-state index contributed by atoms with van der Waals surface area (Å²) in [6.07, 6.45) is 1.07. The number of likely N-dealkylation sites (N-methyl/N-ethyl adjacent to an activating group) is 1. The van der Waals surface area contributed by atoms with E-state index in [1.807, 2.05) is 38.1 Å². The molecule has 21 heavy (non-hydrogen) atoms. The van der Waals surface area contributed by atoms with Crippen LogP contribution in [0.2, 0.25) is 0 Å². The first-order valence-electron chi connectivity index (χ1n) is 7.23. The summed E-state index contributed by atoms with van der Waals surface area (Å²) >= 11 is 0. The number of hydrogen-bond donors (Lipinski definition) is 1. The molecule has 1 heterocycles. The lowest BCUT2D eigenvalue weighted by molar-refractivity contribution is -0.157. The largest absolute Gasteiger partial charge is 0.399 e. The molecule has 1 fully saturated rings. The van der Waals surface area contributed by atoms with Crippen molar-refractivity contribution in [2.24, 2.45) is 0 Å². The van der Waals surface area contributed by atoms with E-state index < -0.39 is 5.54 Å². The van der Waals surface area contributed by atoms with Gasteiger partial charge in [0.15, 0.2) is 0 Å². The van der Waals surface area contributed by atoms with Gasteiger partial charge in [-0.3, -0.25) is 9.59 Å². The molecule has 0 aromatic heterocycles. The summed E-state index contributed by atoms with van der Waals surface area (Å²) in [5, 5.41) is 0. The maximum atomic E-state index is 12.4. The Morgan fingerprint density at radius 1 is 1.24 bits per heavy atom. The van der Waals surface area contributed by atoms with Crippen LogP contribution >= 0.6 is 0 Å². The summed E-state index contributed by atoms with van der Waals surface area (Å²) in [4.78, 5) is 28.0. The molecule has 0 aliphatic carbocycles. The van der Waals surface area contributed by atoms with Gasteiger partial charge in [0, 0.05) is 32.2 Å². The van der Waals surface area contributed by atoms with Gasteiger partial charge in [-0.2, -0.15) is 0 Å². The first kappa shape index (κ1) is 15.4. The first-order valence-corrected chi connectivity index (χ1v) is 7.23. The summed E-state index contributed by atoms with van der Waals surface area (Å²) < 4.78 is 0. The van der Waals surface area contributed by atoms with Crippen LogP contribution in [0, 0.1) is 0 Å². The summed E-state index contributed by atoms with van der Waals surface area (Å²) in [7, 11) is 1.78. The van der Waals surface area contributed by atoms with Crippen molar-refractivity contribution in [2.45, 2.75) is 32.2 Å². The molecule has 5 heteroatoms. The SMILES string of the molecule is CN1CCN(C(=O)CCc2ccc(N)cc2)C(C)(C)C1=O. The maximum Gasteiger partial charge on any atom is 0.247 e. The van der Waals surface area contributed by atoms with Crippen molar-refractivity contribution in [3.05, 3.63) is 29.8 Å². The summed E-state index contributed by atoms with van der Waals surface area (Å²) in [6.45, 7) is 4.81. The number of nitrogens with two attached hydrogens (primary N) is 1. The lowest BCUT2D eigenvalue weighted by Crippen LogP contribution is -2.63. The number of amides is 2. The molecule has 0 saturated carbocycles. The molecule has 2 N–H and O–H groups in total.